The second kappa shape index (κ2) is 11.1. The molecular weight excluding hydrogens is 436 g/mol. The number of halogens is 1. The van der Waals surface area contributed by atoms with Crippen LogP contribution in [0, 0.1) is 0 Å². The van der Waals surface area contributed by atoms with Crippen molar-refractivity contribution in [3.8, 4) is 5.75 Å². The second-order valence-electron chi connectivity index (χ2n) is 10.3. The third-order valence-electron chi connectivity index (χ3n) is 5.27. The number of ether oxygens (including phenoxy) is 1. The number of carbonyl (C=O) groups excluding carboxylic acids is 2. The Morgan fingerprint density at radius 2 is 1.61 bits per heavy atom. The van der Waals surface area contributed by atoms with Crippen molar-refractivity contribution in [3.05, 3.63) is 64.7 Å². The molecular formula is C27H37ClN2O3. The number of nitrogens with zero attached hydrogens (tertiary/aromatic N) is 1. The van der Waals surface area contributed by atoms with Gasteiger partial charge in [0, 0.05) is 17.1 Å². The Balaban J connectivity index is 2.23. The number of benzene rings is 2. The topological polar surface area (TPSA) is 58.6 Å². The maximum absolute atomic E-state index is 13.3. The molecule has 2 rings (SSSR count). The van der Waals surface area contributed by atoms with E-state index in [1.807, 2.05) is 70.2 Å². The molecule has 6 heteroatoms. The zero-order chi connectivity index (χ0) is 24.8. The van der Waals surface area contributed by atoms with Crippen molar-refractivity contribution in [1.29, 1.82) is 0 Å². The van der Waals surface area contributed by atoms with Crippen LogP contribution in [-0.4, -0.2) is 34.9 Å². The quantitative estimate of drug-likeness (QED) is 0.533. The van der Waals surface area contributed by atoms with Gasteiger partial charge >= 0.3 is 0 Å². The highest BCUT2D eigenvalue weighted by molar-refractivity contribution is 6.31. The highest BCUT2D eigenvalue weighted by Crippen LogP contribution is 2.25. The third-order valence-corrected chi connectivity index (χ3v) is 5.63. The van der Waals surface area contributed by atoms with Gasteiger partial charge in [0.25, 0.3) is 5.91 Å². The molecule has 0 aliphatic heterocycles. The molecule has 0 fully saturated rings. The van der Waals surface area contributed by atoms with Crippen molar-refractivity contribution in [2.75, 3.05) is 6.61 Å². The molecule has 2 amide bonds. The lowest BCUT2D eigenvalue weighted by Crippen LogP contribution is -2.54. The van der Waals surface area contributed by atoms with Gasteiger partial charge in [-0.05, 0) is 61.9 Å². The van der Waals surface area contributed by atoms with Gasteiger partial charge in [0.2, 0.25) is 5.91 Å². The number of hydrogen-bond donors (Lipinski definition) is 1. The fourth-order valence-corrected chi connectivity index (χ4v) is 3.66. The van der Waals surface area contributed by atoms with Crippen LogP contribution in [-0.2, 0) is 21.5 Å². The molecule has 0 bridgehead atoms. The van der Waals surface area contributed by atoms with E-state index in [1.165, 1.54) is 5.56 Å². The summed E-state index contributed by atoms with van der Waals surface area (Å²) >= 11 is 6.36. The normalized spacial score (nSPS) is 12.7. The molecule has 0 aliphatic rings. The summed E-state index contributed by atoms with van der Waals surface area (Å²) in [6.07, 6.45) is 0.471. The summed E-state index contributed by atoms with van der Waals surface area (Å²) in [4.78, 5) is 27.9. The minimum atomic E-state index is -0.639. The number of carbonyl (C=O) groups is 2. The van der Waals surface area contributed by atoms with E-state index in [0.29, 0.717) is 17.2 Å². The molecule has 0 saturated heterocycles. The van der Waals surface area contributed by atoms with Crippen LogP contribution in [0.4, 0.5) is 0 Å². The first-order valence-corrected chi connectivity index (χ1v) is 11.8. The van der Waals surface area contributed by atoms with Crippen LogP contribution in [0.2, 0.25) is 5.02 Å². The van der Waals surface area contributed by atoms with E-state index < -0.39 is 11.6 Å². The van der Waals surface area contributed by atoms with Crippen LogP contribution >= 0.6 is 11.6 Å². The second-order valence-corrected chi connectivity index (χ2v) is 10.7. The summed E-state index contributed by atoms with van der Waals surface area (Å²) in [5.41, 5.74) is 1.60. The minimum absolute atomic E-state index is 0.0366. The van der Waals surface area contributed by atoms with E-state index in [1.54, 1.807) is 11.0 Å². The van der Waals surface area contributed by atoms with Gasteiger partial charge in [0.1, 0.15) is 11.8 Å². The Bertz CT molecular complexity index is 943. The van der Waals surface area contributed by atoms with Gasteiger partial charge < -0.3 is 15.0 Å². The van der Waals surface area contributed by atoms with Crippen molar-refractivity contribution in [1.82, 2.24) is 10.2 Å². The summed E-state index contributed by atoms with van der Waals surface area (Å²) in [6.45, 7) is 14.1. The number of amides is 2. The Morgan fingerprint density at radius 3 is 2.12 bits per heavy atom. The van der Waals surface area contributed by atoms with Crippen molar-refractivity contribution in [3.63, 3.8) is 0 Å². The highest BCUT2D eigenvalue weighted by Gasteiger charge is 2.31. The molecule has 0 radical (unpaired) electrons. The largest absolute Gasteiger partial charge is 0.484 e. The predicted octanol–water partition coefficient (Wildman–Crippen LogP) is 5.74. The van der Waals surface area contributed by atoms with Gasteiger partial charge in [-0.2, -0.15) is 0 Å². The Hall–Kier alpha value is -2.53. The third kappa shape index (κ3) is 8.08. The van der Waals surface area contributed by atoms with Gasteiger partial charge in [-0.25, -0.2) is 0 Å². The predicted molar refractivity (Wildman–Crippen MR) is 135 cm³/mol. The molecule has 33 heavy (non-hydrogen) atoms. The summed E-state index contributed by atoms with van der Waals surface area (Å²) in [7, 11) is 0. The fraction of sp³-hybridized carbons (Fsp3) is 0.481. The highest BCUT2D eigenvalue weighted by atomic mass is 35.5. The molecule has 0 spiro atoms. The molecule has 5 nitrogen and oxygen atoms in total. The molecule has 0 heterocycles. The first-order chi connectivity index (χ1) is 15.3. The smallest absolute Gasteiger partial charge is 0.261 e. The number of rotatable bonds is 8. The summed E-state index contributed by atoms with van der Waals surface area (Å²) < 4.78 is 5.80. The average Bonchev–Trinajstić information content (AvgIpc) is 2.71. The molecule has 0 unspecified atom stereocenters. The lowest BCUT2D eigenvalue weighted by molar-refractivity contribution is -0.143. The monoisotopic (exact) mass is 472 g/mol. The zero-order valence-corrected chi connectivity index (χ0v) is 21.6. The SMILES string of the molecule is CC[C@@H](C(=O)NC(C)(C)C)N(Cc1ccccc1Cl)C(=O)COc1ccc(C(C)(C)C)cc1. The van der Waals surface area contributed by atoms with Crippen LogP contribution < -0.4 is 10.1 Å². The van der Waals surface area contributed by atoms with E-state index in [0.717, 1.165) is 5.56 Å². The van der Waals surface area contributed by atoms with E-state index in [-0.39, 0.29) is 30.4 Å². The van der Waals surface area contributed by atoms with Crippen LogP contribution in [0.3, 0.4) is 0 Å². The van der Waals surface area contributed by atoms with E-state index >= 15 is 0 Å². The first kappa shape index (κ1) is 26.7. The maximum Gasteiger partial charge on any atom is 0.261 e. The molecule has 0 saturated carbocycles. The van der Waals surface area contributed by atoms with Gasteiger partial charge in [-0.3, -0.25) is 9.59 Å². The molecule has 1 N–H and O–H groups in total. The Morgan fingerprint density at radius 1 is 1.00 bits per heavy atom. The molecule has 2 aromatic rings. The van der Waals surface area contributed by atoms with Crippen molar-refractivity contribution >= 4 is 23.4 Å². The van der Waals surface area contributed by atoms with Crippen LogP contribution in [0.1, 0.15) is 66.0 Å². The number of hydrogen-bond acceptors (Lipinski definition) is 3. The van der Waals surface area contributed by atoms with Crippen LogP contribution in [0.5, 0.6) is 5.75 Å². The average molecular weight is 473 g/mol. The van der Waals surface area contributed by atoms with E-state index in [4.69, 9.17) is 16.3 Å². The zero-order valence-electron chi connectivity index (χ0n) is 20.9. The van der Waals surface area contributed by atoms with Gasteiger partial charge in [-0.15, -0.1) is 0 Å². The minimum Gasteiger partial charge on any atom is -0.484 e. The van der Waals surface area contributed by atoms with E-state index in [9.17, 15) is 9.59 Å². The standard InChI is InChI=1S/C27H37ClN2O3/c1-8-23(25(32)29-27(5,6)7)30(17-19-11-9-10-12-22(19)28)24(31)18-33-21-15-13-20(14-16-21)26(2,3)4/h9-16,23H,8,17-18H2,1-7H3,(H,29,32)/t23-/m0/s1. The molecule has 1 atom stereocenters. The Kier molecular flexibility index (Phi) is 8.96. The summed E-state index contributed by atoms with van der Waals surface area (Å²) in [5, 5.41) is 3.55. The molecule has 180 valence electrons. The maximum atomic E-state index is 13.3. The van der Waals surface area contributed by atoms with Crippen molar-refractivity contribution < 1.29 is 14.3 Å². The van der Waals surface area contributed by atoms with E-state index in [2.05, 4.69) is 26.1 Å². The fourth-order valence-electron chi connectivity index (χ4n) is 3.46. The number of nitrogens with one attached hydrogen (secondary N) is 1. The summed E-state index contributed by atoms with van der Waals surface area (Å²) in [6, 6.07) is 14.5. The molecule has 2 aromatic carbocycles. The summed E-state index contributed by atoms with van der Waals surface area (Å²) in [5.74, 6) is 0.145. The lowest BCUT2D eigenvalue weighted by atomic mass is 9.87. The molecule has 0 aromatic heterocycles. The lowest BCUT2D eigenvalue weighted by Gasteiger charge is -2.33. The van der Waals surface area contributed by atoms with Crippen LogP contribution in [0.25, 0.3) is 0 Å². The van der Waals surface area contributed by atoms with Gasteiger partial charge in [0.05, 0.1) is 0 Å². The van der Waals surface area contributed by atoms with Gasteiger partial charge in [0.15, 0.2) is 6.61 Å². The van der Waals surface area contributed by atoms with Crippen LogP contribution in [0.15, 0.2) is 48.5 Å². The first-order valence-electron chi connectivity index (χ1n) is 11.4. The Labute approximate surface area is 203 Å². The molecule has 0 aliphatic carbocycles. The van der Waals surface area contributed by atoms with Gasteiger partial charge in [-0.1, -0.05) is 69.6 Å². The van der Waals surface area contributed by atoms with Crippen molar-refractivity contribution in [2.45, 2.75) is 78.4 Å². The van der Waals surface area contributed by atoms with Crippen molar-refractivity contribution in [2.24, 2.45) is 0 Å².